The lowest BCUT2D eigenvalue weighted by atomic mass is 10.1. The van der Waals surface area contributed by atoms with Gasteiger partial charge in [0.1, 0.15) is 5.75 Å². The second-order valence-electron chi connectivity index (χ2n) is 4.96. The molecule has 1 atom stereocenters. The van der Waals surface area contributed by atoms with E-state index in [9.17, 15) is 4.79 Å². The Morgan fingerprint density at radius 2 is 2.06 bits per heavy atom. The van der Waals surface area contributed by atoms with Gasteiger partial charge in [-0.25, -0.2) is 4.79 Å². The van der Waals surface area contributed by atoms with E-state index in [4.69, 9.17) is 9.84 Å². The topological polar surface area (TPSA) is 46.5 Å². The summed E-state index contributed by atoms with van der Waals surface area (Å²) in [5.41, 5.74) is 1.28. The molecule has 1 fully saturated rings. The van der Waals surface area contributed by atoms with Crippen LogP contribution in [0.1, 0.15) is 38.2 Å². The number of benzene rings is 1. The molecule has 98 valence electrons. The summed E-state index contributed by atoms with van der Waals surface area (Å²) in [5, 5.41) is 9.09. The summed E-state index contributed by atoms with van der Waals surface area (Å²) in [6, 6.07) is 7.81. The van der Waals surface area contributed by atoms with E-state index in [2.05, 4.69) is 6.92 Å². The van der Waals surface area contributed by atoms with Gasteiger partial charge in [0.25, 0.3) is 0 Å². The summed E-state index contributed by atoms with van der Waals surface area (Å²) in [6.07, 6.45) is 4.69. The predicted octanol–water partition coefficient (Wildman–Crippen LogP) is 3.27. The maximum absolute atomic E-state index is 11.1. The molecule has 0 saturated heterocycles. The minimum absolute atomic E-state index is 0.197. The number of aryl methyl sites for hydroxylation is 1. The van der Waals surface area contributed by atoms with Crippen molar-refractivity contribution in [2.45, 2.75) is 45.1 Å². The van der Waals surface area contributed by atoms with E-state index in [1.807, 2.05) is 24.3 Å². The first-order valence-corrected chi connectivity index (χ1v) is 6.69. The lowest BCUT2D eigenvalue weighted by molar-refractivity contribution is -0.146. The van der Waals surface area contributed by atoms with Crippen LogP contribution in [0.5, 0.6) is 5.75 Å². The van der Waals surface area contributed by atoms with Crippen molar-refractivity contribution < 1.29 is 14.6 Å². The molecule has 1 aromatic carbocycles. The zero-order valence-corrected chi connectivity index (χ0v) is 10.8. The summed E-state index contributed by atoms with van der Waals surface area (Å²) < 4.78 is 5.56. The summed E-state index contributed by atoms with van der Waals surface area (Å²) in [7, 11) is 0. The fourth-order valence-electron chi connectivity index (χ4n) is 2.01. The van der Waals surface area contributed by atoms with Crippen LogP contribution >= 0.6 is 0 Å². The van der Waals surface area contributed by atoms with Crippen molar-refractivity contribution in [1.82, 2.24) is 0 Å². The highest BCUT2D eigenvalue weighted by molar-refractivity contribution is 5.73. The molecule has 0 spiro atoms. The molecule has 3 nitrogen and oxygen atoms in total. The molecule has 18 heavy (non-hydrogen) atoms. The van der Waals surface area contributed by atoms with E-state index in [0.29, 0.717) is 5.75 Å². The lowest BCUT2D eigenvalue weighted by Crippen LogP contribution is -2.29. The Hall–Kier alpha value is -1.51. The smallest absolute Gasteiger partial charge is 0.345 e. The third-order valence-electron chi connectivity index (χ3n) is 3.30. The molecule has 1 aliphatic rings. The first kappa shape index (κ1) is 12.9. The van der Waals surface area contributed by atoms with Crippen molar-refractivity contribution in [3.05, 3.63) is 29.8 Å². The van der Waals surface area contributed by atoms with Crippen molar-refractivity contribution in [2.75, 3.05) is 0 Å². The molecule has 0 aliphatic heterocycles. The standard InChI is InChI=1S/C15H20O3/c1-2-3-4-11-5-9-13(10-6-11)18-14(15(16)17)12-7-8-12/h5-6,9-10,12,14H,2-4,7-8H2,1H3,(H,16,17). The van der Waals surface area contributed by atoms with Crippen molar-refractivity contribution in [1.29, 1.82) is 0 Å². The van der Waals surface area contributed by atoms with Crippen LogP contribution in [0.4, 0.5) is 0 Å². The Balaban J connectivity index is 1.94. The fourth-order valence-corrected chi connectivity index (χ4v) is 2.01. The van der Waals surface area contributed by atoms with Gasteiger partial charge >= 0.3 is 5.97 Å². The number of hydrogen-bond acceptors (Lipinski definition) is 2. The third-order valence-corrected chi connectivity index (χ3v) is 3.30. The van der Waals surface area contributed by atoms with Crippen LogP contribution < -0.4 is 4.74 Å². The molecular formula is C15H20O3. The minimum atomic E-state index is -0.854. The molecule has 0 bridgehead atoms. The highest BCUT2D eigenvalue weighted by atomic mass is 16.5. The molecule has 0 radical (unpaired) electrons. The quantitative estimate of drug-likeness (QED) is 0.805. The predicted molar refractivity (Wildman–Crippen MR) is 69.8 cm³/mol. The van der Waals surface area contributed by atoms with E-state index in [1.54, 1.807) is 0 Å². The van der Waals surface area contributed by atoms with Crippen LogP contribution in [-0.2, 0) is 11.2 Å². The van der Waals surface area contributed by atoms with Gasteiger partial charge in [0, 0.05) is 5.92 Å². The summed E-state index contributed by atoms with van der Waals surface area (Å²) in [6.45, 7) is 2.17. The van der Waals surface area contributed by atoms with Gasteiger partial charge in [0.05, 0.1) is 0 Å². The zero-order chi connectivity index (χ0) is 13.0. The maximum Gasteiger partial charge on any atom is 0.345 e. The number of ether oxygens (including phenoxy) is 1. The van der Waals surface area contributed by atoms with Crippen molar-refractivity contribution >= 4 is 5.97 Å². The summed E-state index contributed by atoms with van der Waals surface area (Å²) >= 11 is 0. The van der Waals surface area contributed by atoms with Crippen LogP contribution in [-0.4, -0.2) is 17.2 Å². The Bertz CT molecular complexity index is 393. The molecule has 1 saturated carbocycles. The fraction of sp³-hybridized carbons (Fsp3) is 0.533. The maximum atomic E-state index is 11.1. The number of rotatable bonds is 7. The van der Waals surface area contributed by atoms with Gasteiger partial charge < -0.3 is 9.84 Å². The largest absolute Gasteiger partial charge is 0.478 e. The van der Waals surface area contributed by atoms with Gasteiger partial charge in [-0.05, 0) is 43.4 Å². The first-order chi connectivity index (χ1) is 8.70. The minimum Gasteiger partial charge on any atom is -0.478 e. The molecule has 1 unspecified atom stereocenters. The number of carbonyl (C=O) groups is 1. The highest BCUT2D eigenvalue weighted by Gasteiger charge is 2.38. The monoisotopic (exact) mass is 248 g/mol. The normalized spacial score (nSPS) is 16.3. The molecular weight excluding hydrogens is 228 g/mol. The van der Waals surface area contributed by atoms with Crippen molar-refractivity contribution in [3.8, 4) is 5.75 Å². The van der Waals surface area contributed by atoms with Crippen LogP contribution in [0.3, 0.4) is 0 Å². The summed E-state index contributed by atoms with van der Waals surface area (Å²) in [4.78, 5) is 11.1. The van der Waals surface area contributed by atoms with E-state index < -0.39 is 12.1 Å². The van der Waals surface area contributed by atoms with Crippen LogP contribution in [0.15, 0.2) is 24.3 Å². The second kappa shape index (κ2) is 5.89. The molecule has 1 aromatic rings. The van der Waals surface area contributed by atoms with Crippen molar-refractivity contribution in [2.24, 2.45) is 5.92 Å². The van der Waals surface area contributed by atoms with Crippen LogP contribution in [0.25, 0.3) is 0 Å². The molecule has 3 heteroatoms. The molecule has 1 aliphatic carbocycles. The second-order valence-corrected chi connectivity index (χ2v) is 4.96. The van der Waals surface area contributed by atoms with E-state index in [0.717, 1.165) is 19.3 Å². The average molecular weight is 248 g/mol. The Kier molecular flexibility index (Phi) is 4.24. The van der Waals surface area contributed by atoms with Gasteiger partial charge in [-0.2, -0.15) is 0 Å². The first-order valence-electron chi connectivity index (χ1n) is 6.69. The van der Waals surface area contributed by atoms with Crippen LogP contribution in [0.2, 0.25) is 0 Å². The van der Waals surface area contributed by atoms with Gasteiger partial charge in [-0.3, -0.25) is 0 Å². The Labute approximate surface area is 108 Å². The van der Waals surface area contributed by atoms with Gasteiger partial charge in [-0.1, -0.05) is 25.5 Å². The number of unbranched alkanes of at least 4 members (excludes halogenated alkanes) is 1. The van der Waals surface area contributed by atoms with Crippen LogP contribution in [0, 0.1) is 5.92 Å². The van der Waals surface area contributed by atoms with Crippen molar-refractivity contribution in [3.63, 3.8) is 0 Å². The highest BCUT2D eigenvalue weighted by Crippen LogP contribution is 2.35. The number of carboxylic acids is 1. The zero-order valence-electron chi connectivity index (χ0n) is 10.8. The third kappa shape index (κ3) is 3.49. The van der Waals surface area contributed by atoms with Gasteiger partial charge in [0.2, 0.25) is 0 Å². The van der Waals surface area contributed by atoms with E-state index >= 15 is 0 Å². The number of carboxylic acid groups (broad SMARTS) is 1. The molecule has 0 aromatic heterocycles. The Morgan fingerprint density at radius 3 is 2.56 bits per heavy atom. The molecule has 0 amide bonds. The molecule has 0 heterocycles. The van der Waals surface area contributed by atoms with E-state index in [1.165, 1.54) is 18.4 Å². The van der Waals surface area contributed by atoms with Gasteiger partial charge in [0.15, 0.2) is 6.10 Å². The van der Waals surface area contributed by atoms with E-state index in [-0.39, 0.29) is 5.92 Å². The number of hydrogen-bond donors (Lipinski definition) is 1. The molecule has 1 N–H and O–H groups in total. The number of aliphatic carboxylic acids is 1. The molecule has 2 rings (SSSR count). The lowest BCUT2D eigenvalue weighted by Gasteiger charge is -2.14. The SMILES string of the molecule is CCCCc1ccc(OC(C(=O)O)C2CC2)cc1. The van der Waals surface area contributed by atoms with Gasteiger partial charge in [-0.15, -0.1) is 0 Å². The Morgan fingerprint density at radius 1 is 1.39 bits per heavy atom. The average Bonchev–Trinajstić information content (AvgIpc) is 3.18. The summed E-state index contributed by atoms with van der Waals surface area (Å²) in [5.74, 6) is 0.00405.